The van der Waals surface area contributed by atoms with Crippen LogP contribution in [0.2, 0.25) is 0 Å². The molecule has 25 heavy (non-hydrogen) atoms. The van der Waals surface area contributed by atoms with E-state index in [4.69, 9.17) is 5.11 Å². The fourth-order valence-electron chi connectivity index (χ4n) is 2.67. The highest BCUT2D eigenvalue weighted by Crippen LogP contribution is 2.14. The molecule has 8 heteroatoms. The van der Waals surface area contributed by atoms with Gasteiger partial charge in [-0.2, -0.15) is 0 Å². The fourth-order valence-corrected chi connectivity index (χ4v) is 2.67. The summed E-state index contributed by atoms with van der Waals surface area (Å²) in [5, 5.41) is 17.3. The lowest BCUT2D eigenvalue weighted by molar-refractivity contribution is -0.138. The van der Waals surface area contributed by atoms with Crippen LogP contribution in [0.3, 0.4) is 0 Å². The summed E-state index contributed by atoms with van der Waals surface area (Å²) in [6, 6.07) is 3.49. The van der Waals surface area contributed by atoms with Crippen molar-refractivity contribution in [1.82, 2.24) is 20.9 Å². The number of amides is 2. The van der Waals surface area contributed by atoms with Gasteiger partial charge in [-0.05, 0) is 57.3 Å². The highest BCUT2D eigenvalue weighted by atomic mass is 16.4. The minimum atomic E-state index is -1.14. The Balaban J connectivity index is 1.87. The van der Waals surface area contributed by atoms with Crippen molar-refractivity contribution in [3.63, 3.8) is 0 Å². The number of nitrogens with zero attached hydrogens (tertiary/aromatic N) is 1. The monoisotopic (exact) mass is 348 g/mol. The molecule has 1 atom stereocenters. The van der Waals surface area contributed by atoms with Crippen molar-refractivity contribution < 1.29 is 19.5 Å². The Hall–Kier alpha value is -2.48. The second-order valence-corrected chi connectivity index (χ2v) is 6.18. The van der Waals surface area contributed by atoms with E-state index in [0.29, 0.717) is 12.5 Å². The predicted octanol–water partition coefficient (Wildman–Crippen LogP) is 0.404. The van der Waals surface area contributed by atoms with Crippen LogP contribution in [0, 0.1) is 5.92 Å². The van der Waals surface area contributed by atoms with Gasteiger partial charge in [-0.15, -0.1) is 0 Å². The second-order valence-electron chi connectivity index (χ2n) is 6.18. The highest BCUT2D eigenvalue weighted by molar-refractivity contribution is 5.97. The van der Waals surface area contributed by atoms with Crippen LogP contribution in [0.1, 0.15) is 47.2 Å². The van der Waals surface area contributed by atoms with Gasteiger partial charge >= 0.3 is 5.97 Å². The molecule has 1 aromatic heterocycles. The van der Waals surface area contributed by atoms with E-state index in [9.17, 15) is 14.4 Å². The molecule has 1 aliphatic rings. The molecule has 1 saturated heterocycles. The summed E-state index contributed by atoms with van der Waals surface area (Å²) in [7, 11) is 0. The van der Waals surface area contributed by atoms with Gasteiger partial charge in [0.15, 0.2) is 0 Å². The first-order chi connectivity index (χ1) is 12.0. The topological polar surface area (TPSA) is 120 Å². The zero-order valence-electron chi connectivity index (χ0n) is 14.2. The molecule has 1 aromatic rings. The maximum Gasteiger partial charge on any atom is 0.325 e. The number of pyridine rings is 1. The Bertz CT molecular complexity index is 629. The maximum absolute atomic E-state index is 12.2. The van der Waals surface area contributed by atoms with Crippen molar-refractivity contribution in [2.75, 3.05) is 19.6 Å². The molecule has 1 fully saturated rings. The van der Waals surface area contributed by atoms with Crippen LogP contribution in [-0.4, -0.2) is 53.6 Å². The molecule has 1 unspecified atom stereocenters. The van der Waals surface area contributed by atoms with Crippen molar-refractivity contribution in [3.8, 4) is 0 Å². The molecule has 1 aliphatic heterocycles. The Morgan fingerprint density at radius 2 is 1.88 bits per heavy atom. The van der Waals surface area contributed by atoms with Crippen LogP contribution >= 0.6 is 0 Å². The first-order valence-electron chi connectivity index (χ1n) is 8.47. The zero-order valence-corrected chi connectivity index (χ0v) is 14.2. The summed E-state index contributed by atoms with van der Waals surface area (Å²) in [5.41, 5.74) is 0.153. The molecule has 2 amide bonds. The van der Waals surface area contributed by atoms with E-state index in [1.807, 2.05) is 0 Å². The molecule has 0 bridgehead atoms. The minimum absolute atomic E-state index is 0.0131. The van der Waals surface area contributed by atoms with Crippen LogP contribution < -0.4 is 16.0 Å². The fraction of sp³-hybridized carbons (Fsp3) is 0.529. The van der Waals surface area contributed by atoms with Gasteiger partial charge in [-0.1, -0.05) is 6.07 Å². The third-order valence-electron chi connectivity index (χ3n) is 4.23. The molecule has 0 radical (unpaired) electrons. The third-order valence-corrected chi connectivity index (χ3v) is 4.23. The number of carboxylic acid groups (broad SMARTS) is 1. The van der Waals surface area contributed by atoms with Gasteiger partial charge in [0, 0.05) is 6.54 Å². The lowest BCUT2D eigenvalue weighted by Crippen LogP contribution is -2.39. The first kappa shape index (κ1) is 18.9. The molecule has 2 heterocycles. The van der Waals surface area contributed by atoms with Crippen LogP contribution in [-0.2, 0) is 4.79 Å². The smallest absolute Gasteiger partial charge is 0.325 e. The SMILES string of the molecule is CC(NC(=O)c1cccc(C(=O)NCCC2CCNCC2)n1)C(=O)O. The predicted molar refractivity (Wildman–Crippen MR) is 91.3 cm³/mol. The van der Waals surface area contributed by atoms with Gasteiger partial charge in [0.2, 0.25) is 0 Å². The Labute approximate surface area is 146 Å². The number of nitrogens with one attached hydrogen (secondary N) is 3. The van der Waals surface area contributed by atoms with Crippen LogP contribution in [0.4, 0.5) is 0 Å². The number of carbonyl (C=O) groups is 3. The van der Waals surface area contributed by atoms with E-state index in [2.05, 4.69) is 20.9 Å². The first-order valence-corrected chi connectivity index (χ1v) is 8.47. The molecule has 0 aromatic carbocycles. The average molecular weight is 348 g/mol. The lowest BCUT2D eigenvalue weighted by atomic mass is 9.95. The van der Waals surface area contributed by atoms with E-state index in [1.54, 1.807) is 6.07 Å². The van der Waals surface area contributed by atoms with E-state index < -0.39 is 17.9 Å². The number of aromatic nitrogens is 1. The summed E-state index contributed by atoms with van der Waals surface area (Å²) in [6.45, 7) is 3.97. The van der Waals surface area contributed by atoms with Gasteiger partial charge in [0.1, 0.15) is 17.4 Å². The summed E-state index contributed by atoms with van der Waals surface area (Å²) in [6.07, 6.45) is 3.15. The van der Waals surface area contributed by atoms with Gasteiger partial charge in [-0.25, -0.2) is 4.98 Å². The van der Waals surface area contributed by atoms with E-state index in [0.717, 1.165) is 32.4 Å². The van der Waals surface area contributed by atoms with Crippen molar-refractivity contribution in [1.29, 1.82) is 0 Å². The zero-order chi connectivity index (χ0) is 18.2. The molecule has 2 rings (SSSR count). The minimum Gasteiger partial charge on any atom is -0.480 e. The number of piperidine rings is 1. The van der Waals surface area contributed by atoms with Crippen LogP contribution in [0.25, 0.3) is 0 Å². The number of rotatable bonds is 7. The number of carboxylic acids is 1. The summed E-state index contributed by atoms with van der Waals surface area (Å²) >= 11 is 0. The summed E-state index contributed by atoms with van der Waals surface area (Å²) < 4.78 is 0. The van der Waals surface area contributed by atoms with E-state index in [1.165, 1.54) is 19.1 Å². The molecular weight excluding hydrogens is 324 g/mol. The van der Waals surface area contributed by atoms with Crippen molar-refractivity contribution in [2.45, 2.75) is 32.2 Å². The molecule has 0 spiro atoms. The van der Waals surface area contributed by atoms with E-state index in [-0.39, 0.29) is 17.3 Å². The third kappa shape index (κ3) is 5.82. The maximum atomic E-state index is 12.2. The molecule has 8 nitrogen and oxygen atoms in total. The van der Waals surface area contributed by atoms with E-state index >= 15 is 0 Å². The Morgan fingerprint density at radius 3 is 2.52 bits per heavy atom. The molecule has 0 saturated carbocycles. The average Bonchev–Trinajstić information content (AvgIpc) is 2.62. The van der Waals surface area contributed by atoms with Gasteiger partial charge in [0.05, 0.1) is 0 Å². The largest absolute Gasteiger partial charge is 0.480 e. The summed E-state index contributed by atoms with van der Waals surface area (Å²) in [5.74, 6) is -1.49. The molecule has 0 aliphatic carbocycles. The normalized spacial score (nSPS) is 16.0. The van der Waals surface area contributed by atoms with Gasteiger partial charge < -0.3 is 21.1 Å². The standard InChI is InChI=1S/C17H24N4O4/c1-11(17(24)25)20-16(23)14-4-2-3-13(21-14)15(22)19-10-7-12-5-8-18-9-6-12/h2-4,11-12,18H,5-10H2,1H3,(H,19,22)(H,20,23)(H,24,25). The van der Waals surface area contributed by atoms with Crippen LogP contribution in [0.5, 0.6) is 0 Å². The number of aliphatic carboxylic acids is 1. The number of hydrogen-bond donors (Lipinski definition) is 4. The van der Waals surface area contributed by atoms with Crippen molar-refractivity contribution in [3.05, 3.63) is 29.6 Å². The highest BCUT2D eigenvalue weighted by Gasteiger charge is 2.18. The quantitative estimate of drug-likeness (QED) is 0.566. The molecular formula is C17H24N4O4. The summed E-state index contributed by atoms with van der Waals surface area (Å²) in [4.78, 5) is 39.0. The van der Waals surface area contributed by atoms with Crippen molar-refractivity contribution in [2.24, 2.45) is 5.92 Å². The molecule has 4 N–H and O–H groups in total. The number of hydrogen-bond acceptors (Lipinski definition) is 5. The molecule has 136 valence electrons. The lowest BCUT2D eigenvalue weighted by Gasteiger charge is -2.22. The Morgan fingerprint density at radius 1 is 1.24 bits per heavy atom. The van der Waals surface area contributed by atoms with Crippen molar-refractivity contribution >= 4 is 17.8 Å². The Kier molecular flexibility index (Phi) is 6.88. The van der Waals surface area contributed by atoms with Crippen LogP contribution in [0.15, 0.2) is 18.2 Å². The number of carbonyl (C=O) groups excluding carboxylic acids is 2. The second kappa shape index (κ2) is 9.12. The van der Waals surface area contributed by atoms with Gasteiger partial charge in [-0.3, -0.25) is 14.4 Å². The van der Waals surface area contributed by atoms with Gasteiger partial charge in [0.25, 0.3) is 11.8 Å².